The fourth-order valence-electron chi connectivity index (χ4n) is 1.40. The Morgan fingerprint density at radius 2 is 2.00 bits per heavy atom. The summed E-state index contributed by atoms with van der Waals surface area (Å²) in [5, 5.41) is 0. The largest absolute Gasteiger partial charge is 0.383 e. The number of likely N-dealkylation sites (N-methyl/N-ethyl adjacent to an activating group) is 1. The maximum atomic E-state index is 5.04. The molecule has 0 aliphatic heterocycles. The number of aryl methyl sites for hydroxylation is 1. The number of nitrogens with zero attached hydrogens (tertiary/aromatic N) is 1. The maximum Gasteiger partial charge on any atom is 0.0589 e. The minimum absolute atomic E-state index is 0.794. The summed E-state index contributed by atoms with van der Waals surface area (Å²) in [6.07, 6.45) is 0. The van der Waals surface area contributed by atoms with E-state index in [1.54, 1.807) is 7.11 Å². The van der Waals surface area contributed by atoms with Gasteiger partial charge in [-0.3, -0.25) is 4.90 Å². The van der Waals surface area contributed by atoms with Gasteiger partial charge in [-0.2, -0.15) is 0 Å². The van der Waals surface area contributed by atoms with Gasteiger partial charge in [0.15, 0.2) is 0 Å². The zero-order valence-corrected chi connectivity index (χ0v) is 9.29. The van der Waals surface area contributed by atoms with E-state index in [4.69, 9.17) is 4.74 Å². The van der Waals surface area contributed by atoms with Crippen LogP contribution in [0.3, 0.4) is 0 Å². The molecule has 1 aromatic carbocycles. The minimum Gasteiger partial charge on any atom is -0.383 e. The van der Waals surface area contributed by atoms with E-state index in [-0.39, 0.29) is 0 Å². The van der Waals surface area contributed by atoms with Crippen molar-refractivity contribution in [2.24, 2.45) is 0 Å². The zero-order chi connectivity index (χ0) is 10.4. The molecule has 0 aromatic heterocycles. The number of hydrogen-bond donors (Lipinski definition) is 0. The minimum atomic E-state index is 0.794. The quantitative estimate of drug-likeness (QED) is 0.710. The lowest BCUT2D eigenvalue weighted by atomic mass is 10.1. The van der Waals surface area contributed by atoms with Gasteiger partial charge in [-0.15, -0.1) is 0 Å². The number of methoxy groups -OCH3 is 1. The lowest BCUT2D eigenvalue weighted by molar-refractivity contribution is 0.158. The molecule has 0 amide bonds. The van der Waals surface area contributed by atoms with E-state index >= 15 is 0 Å². The maximum absolute atomic E-state index is 5.04. The molecule has 2 heteroatoms. The lowest BCUT2D eigenvalue weighted by Crippen LogP contribution is -2.22. The van der Waals surface area contributed by atoms with Crippen LogP contribution in [0.4, 0.5) is 0 Å². The molecule has 1 rings (SSSR count). The van der Waals surface area contributed by atoms with Crippen LogP contribution in [0.2, 0.25) is 0 Å². The van der Waals surface area contributed by atoms with Crippen molar-refractivity contribution in [1.82, 2.24) is 4.90 Å². The lowest BCUT2D eigenvalue weighted by Gasteiger charge is -2.17. The van der Waals surface area contributed by atoms with E-state index in [1.807, 2.05) is 0 Å². The predicted molar refractivity (Wildman–Crippen MR) is 59.4 cm³/mol. The molecule has 78 valence electrons. The topological polar surface area (TPSA) is 12.5 Å². The monoisotopic (exact) mass is 193 g/mol. The first-order valence-corrected chi connectivity index (χ1v) is 4.96. The molecule has 0 radical (unpaired) electrons. The fourth-order valence-corrected chi connectivity index (χ4v) is 1.40. The molecular formula is C12H19NO. The van der Waals surface area contributed by atoms with Crippen LogP contribution in [0, 0.1) is 6.92 Å². The van der Waals surface area contributed by atoms with Crippen molar-refractivity contribution in [3.8, 4) is 0 Å². The van der Waals surface area contributed by atoms with E-state index in [0.717, 1.165) is 19.7 Å². The van der Waals surface area contributed by atoms with Crippen molar-refractivity contribution in [2.75, 3.05) is 27.3 Å². The molecule has 0 heterocycles. The molecule has 0 bridgehead atoms. The fraction of sp³-hybridized carbons (Fsp3) is 0.500. The number of ether oxygens (including phenoxy) is 1. The van der Waals surface area contributed by atoms with Gasteiger partial charge in [0.2, 0.25) is 0 Å². The van der Waals surface area contributed by atoms with Crippen LogP contribution in [0.5, 0.6) is 0 Å². The van der Waals surface area contributed by atoms with E-state index in [9.17, 15) is 0 Å². The second kappa shape index (κ2) is 5.78. The van der Waals surface area contributed by atoms with Crippen LogP contribution >= 0.6 is 0 Å². The Morgan fingerprint density at radius 3 is 2.64 bits per heavy atom. The molecule has 14 heavy (non-hydrogen) atoms. The van der Waals surface area contributed by atoms with Crippen LogP contribution in [-0.2, 0) is 11.3 Å². The summed E-state index contributed by atoms with van der Waals surface area (Å²) in [4.78, 5) is 2.27. The summed E-state index contributed by atoms with van der Waals surface area (Å²) < 4.78 is 5.04. The smallest absolute Gasteiger partial charge is 0.0589 e. The number of hydrogen-bond acceptors (Lipinski definition) is 2. The molecule has 1 aromatic rings. The second-order valence-electron chi connectivity index (χ2n) is 3.66. The molecule has 0 atom stereocenters. The molecule has 0 saturated heterocycles. The Balaban J connectivity index is 2.47. The van der Waals surface area contributed by atoms with Gasteiger partial charge in [-0.25, -0.2) is 0 Å². The highest BCUT2D eigenvalue weighted by Gasteiger charge is 2.01. The molecule has 0 fully saturated rings. The molecule has 0 saturated carbocycles. The Kier molecular flexibility index (Phi) is 4.63. The van der Waals surface area contributed by atoms with Gasteiger partial charge in [-0.05, 0) is 25.1 Å². The second-order valence-corrected chi connectivity index (χ2v) is 3.66. The SMILES string of the molecule is COCCN(C)Cc1ccccc1C. The van der Waals surface area contributed by atoms with Crippen LogP contribution in [0.25, 0.3) is 0 Å². The summed E-state index contributed by atoms with van der Waals surface area (Å²) in [7, 11) is 3.85. The third-order valence-electron chi connectivity index (χ3n) is 2.38. The highest BCUT2D eigenvalue weighted by atomic mass is 16.5. The van der Waals surface area contributed by atoms with E-state index in [2.05, 4.69) is 43.1 Å². The van der Waals surface area contributed by atoms with E-state index < -0.39 is 0 Å². The first-order valence-electron chi connectivity index (χ1n) is 4.96. The van der Waals surface area contributed by atoms with Gasteiger partial charge in [0.25, 0.3) is 0 Å². The van der Waals surface area contributed by atoms with Crippen molar-refractivity contribution < 1.29 is 4.74 Å². The van der Waals surface area contributed by atoms with E-state index in [1.165, 1.54) is 11.1 Å². The molecule has 0 spiro atoms. The molecule has 0 aliphatic carbocycles. The van der Waals surface area contributed by atoms with Crippen molar-refractivity contribution in [3.05, 3.63) is 35.4 Å². The highest BCUT2D eigenvalue weighted by molar-refractivity contribution is 5.25. The average Bonchev–Trinajstić information content (AvgIpc) is 2.18. The normalized spacial score (nSPS) is 10.9. The van der Waals surface area contributed by atoms with E-state index in [0.29, 0.717) is 0 Å². The zero-order valence-electron chi connectivity index (χ0n) is 9.29. The van der Waals surface area contributed by atoms with Crippen molar-refractivity contribution >= 4 is 0 Å². The van der Waals surface area contributed by atoms with Gasteiger partial charge in [0.1, 0.15) is 0 Å². The third-order valence-corrected chi connectivity index (χ3v) is 2.38. The van der Waals surface area contributed by atoms with Crippen LogP contribution in [0.1, 0.15) is 11.1 Å². The molecule has 2 nitrogen and oxygen atoms in total. The molecular weight excluding hydrogens is 174 g/mol. The number of rotatable bonds is 5. The van der Waals surface area contributed by atoms with Gasteiger partial charge in [-0.1, -0.05) is 24.3 Å². The Bertz CT molecular complexity index is 273. The molecule has 0 aliphatic rings. The molecule has 0 unspecified atom stereocenters. The Morgan fingerprint density at radius 1 is 1.29 bits per heavy atom. The number of benzene rings is 1. The van der Waals surface area contributed by atoms with Gasteiger partial charge < -0.3 is 4.74 Å². The standard InChI is InChI=1S/C12H19NO/c1-11-6-4-5-7-12(11)10-13(2)8-9-14-3/h4-7H,8-10H2,1-3H3. The third kappa shape index (κ3) is 3.48. The van der Waals surface area contributed by atoms with Gasteiger partial charge in [0, 0.05) is 20.2 Å². The first-order chi connectivity index (χ1) is 6.74. The van der Waals surface area contributed by atoms with Crippen molar-refractivity contribution in [2.45, 2.75) is 13.5 Å². The highest BCUT2D eigenvalue weighted by Crippen LogP contribution is 2.08. The molecule has 0 N–H and O–H groups in total. The van der Waals surface area contributed by atoms with Crippen molar-refractivity contribution in [1.29, 1.82) is 0 Å². The first kappa shape index (κ1) is 11.2. The summed E-state index contributed by atoms with van der Waals surface area (Å²) >= 11 is 0. The van der Waals surface area contributed by atoms with Gasteiger partial charge >= 0.3 is 0 Å². The summed E-state index contributed by atoms with van der Waals surface area (Å²) in [5.74, 6) is 0. The summed E-state index contributed by atoms with van der Waals surface area (Å²) in [5.41, 5.74) is 2.75. The van der Waals surface area contributed by atoms with Gasteiger partial charge in [0.05, 0.1) is 6.61 Å². The summed E-state index contributed by atoms with van der Waals surface area (Å²) in [6.45, 7) is 4.92. The average molecular weight is 193 g/mol. The Hall–Kier alpha value is -0.860. The van der Waals surface area contributed by atoms with Crippen LogP contribution in [-0.4, -0.2) is 32.2 Å². The summed E-state index contributed by atoms with van der Waals surface area (Å²) in [6, 6.07) is 8.50. The predicted octanol–water partition coefficient (Wildman–Crippen LogP) is 2.07. The van der Waals surface area contributed by atoms with Crippen molar-refractivity contribution in [3.63, 3.8) is 0 Å². The van der Waals surface area contributed by atoms with Crippen LogP contribution < -0.4 is 0 Å². The van der Waals surface area contributed by atoms with Crippen LogP contribution in [0.15, 0.2) is 24.3 Å². The Labute approximate surface area is 86.5 Å².